The van der Waals surface area contributed by atoms with Crippen LogP contribution in [0.3, 0.4) is 0 Å². The minimum Gasteiger partial charge on any atom is -0.339 e. The molecule has 0 aliphatic rings. The van der Waals surface area contributed by atoms with Crippen molar-refractivity contribution in [3.05, 3.63) is 65.4 Å². The smallest absolute Gasteiger partial charge is 0.0674 e. The molecule has 0 saturated heterocycles. The summed E-state index contributed by atoms with van der Waals surface area (Å²) >= 11 is 1.64. The third-order valence-corrected chi connectivity index (χ3v) is 4.63. The number of imidazole rings is 1. The first-order chi connectivity index (χ1) is 10.8. The Hall–Kier alpha value is -1.81. The van der Waals surface area contributed by atoms with Gasteiger partial charge in [0.25, 0.3) is 0 Å². The summed E-state index contributed by atoms with van der Waals surface area (Å²) in [5, 5.41) is 0. The molecule has 1 radical (unpaired) electrons. The van der Waals surface area contributed by atoms with Crippen LogP contribution < -0.4 is 0 Å². The first-order valence-electron chi connectivity index (χ1n) is 7.10. The summed E-state index contributed by atoms with van der Waals surface area (Å²) < 4.78 is 3.29. The van der Waals surface area contributed by atoms with Crippen LogP contribution in [0, 0.1) is 19.9 Å². The summed E-state index contributed by atoms with van der Waals surface area (Å²) in [4.78, 5) is 9.06. The van der Waals surface area contributed by atoms with Crippen molar-refractivity contribution in [1.29, 1.82) is 0 Å². The summed E-state index contributed by atoms with van der Waals surface area (Å²) in [5.41, 5.74) is 7.41. The van der Waals surface area contributed by atoms with Crippen LogP contribution >= 0.6 is 11.3 Å². The van der Waals surface area contributed by atoms with Gasteiger partial charge in [-0.1, -0.05) is 23.8 Å². The summed E-state index contributed by atoms with van der Waals surface area (Å²) in [6.07, 6.45) is 3.84. The molecule has 0 N–H and O–H groups in total. The van der Waals surface area contributed by atoms with Gasteiger partial charge in [-0.15, -0.1) is 29.5 Å². The Morgan fingerprint density at radius 2 is 1.87 bits per heavy atom. The van der Waals surface area contributed by atoms with E-state index in [1.54, 1.807) is 11.3 Å². The van der Waals surface area contributed by atoms with E-state index in [9.17, 15) is 0 Å². The standard InChI is InChI=1S/C18H14N3S.Ir/c1-12-5-3-6-13(2)17(12)21-10-9-19-18(21)14-7-4-8-15-16(14)20-11-22-15;/h3-6,8-11H,1-2H3;/q-1;. The predicted octanol–water partition coefficient (Wildman–Crippen LogP) is 4.56. The fourth-order valence-electron chi connectivity index (χ4n) is 2.86. The van der Waals surface area contributed by atoms with Crippen molar-refractivity contribution in [1.82, 2.24) is 14.5 Å². The molecule has 0 saturated carbocycles. The maximum atomic E-state index is 4.57. The second kappa shape index (κ2) is 6.36. The Balaban J connectivity index is 0.00000156. The number of rotatable bonds is 2. The van der Waals surface area contributed by atoms with Crippen LogP contribution in [-0.4, -0.2) is 14.5 Å². The molecule has 2 aromatic heterocycles. The molecular formula is C18H14IrN3S-. The molecule has 2 aromatic carbocycles. The van der Waals surface area contributed by atoms with E-state index in [4.69, 9.17) is 0 Å². The fraction of sp³-hybridized carbons (Fsp3) is 0.111. The number of fused-ring (bicyclic) bond motifs is 1. The average molecular weight is 497 g/mol. The van der Waals surface area contributed by atoms with Crippen LogP contribution in [0.5, 0.6) is 0 Å². The van der Waals surface area contributed by atoms with Crippen LogP contribution in [0.15, 0.2) is 48.2 Å². The largest absolute Gasteiger partial charge is 0.339 e. The maximum absolute atomic E-state index is 4.57. The Morgan fingerprint density at radius 3 is 2.65 bits per heavy atom. The van der Waals surface area contributed by atoms with Crippen LogP contribution in [0.4, 0.5) is 0 Å². The van der Waals surface area contributed by atoms with Crippen LogP contribution in [0.1, 0.15) is 11.1 Å². The fourth-order valence-corrected chi connectivity index (χ4v) is 3.54. The first kappa shape index (κ1) is 16.1. The van der Waals surface area contributed by atoms with E-state index in [0.29, 0.717) is 0 Å². The van der Waals surface area contributed by atoms with Crippen molar-refractivity contribution < 1.29 is 20.1 Å². The van der Waals surface area contributed by atoms with Crippen LogP contribution in [0.25, 0.3) is 27.3 Å². The molecule has 23 heavy (non-hydrogen) atoms. The molecule has 4 rings (SSSR count). The van der Waals surface area contributed by atoms with E-state index in [2.05, 4.69) is 52.6 Å². The Labute approximate surface area is 152 Å². The molecule has 0 bridgehead atoms. The van der Waals surface area contributed by atoms with Crippen molar-refractivity contribution in [2.24, 2.45) is 0 Å². The maximum Gasteiger partial charge on any atom is 0.0674 e. The van der Waals surface area contributed by atoms with Crippen LogP contribution in [0.2, 0.25) is 0 Å². The third kappa shape index (κ3) is 2.65. The first-order valence-corrected chi connectivity index (χ1v) is 7.98. The molecule has 0 atom stereocenters. The van der Waals surface area contributed by atoms with Gasteiger partial charge in [-0.25, -0.2) is 0 Å². The molecule has 117 valence electrons. The van der Waals surface area contributed by atoms with Gasteiger partial charge in [0.2, 0.25) is 0 Å². The number of hydrogen-bond acceptors (Lipinski definition) is 3. The summed E-state index contributed by atoms with van der Waals surface area (Å²) in [7, 11) is 0. The minimum atomic E-state index is 0. The number of aromatic nitrogens is 3. The van der Waals surface area contributed by atoms with E-state index in [1.165, 1.54) is 16.8 Å². The number of para-hydroxylation sites is 1. The summed E-state index contributed by atoms with van der Waals surface area (Å²) in [6, 6.07) is 13.6. The number of nitrogens with zero attached hydrogens (tertiary/aromatic N) is 3. The van der Waals surface area contributed by atoms with Crippen molar-refractivity contribution in [2.75, 3.05) is 0 Å². The molecule has 2 heterocycles. The zero-order chi connectivity index (χ0) is 15.1. The second-order valence-corrected chi connectivity index (χ2v) is 6.17. The Morgan fingerprint density at radius 1 is 1.09 bits per heavy atom. The summed E-state index contributed by atoms with van der Waals surface area (Å²) in [6.45, 7) is 4.25. The van der Waals surface area contributed by atoms with Gasteiger partial charge in [0.1, 0.15) is 0 Å². The number of hydrogen-bond donors (Lipinski definition) is 0. The van der Waals surface area contributed by atoms with E-state index < -0.39 is 0 Å². The van der Waals surface area contributed by atoms with Crippen molar-refractivity contribution >= 4 is 21.6 Å². The zero-order valence-corrected chi connectivity index (χ0v) is 15.9. The molecular weight excluding hydrogens is 483 g/mol. The molecule has 3 nitrogen and oxygen atoms in total. The predicted molar refractivity (Wildman–Crippen MR) is 90.5 cm³/mol. The monoisotopic (exact) mass is 497 g/mol. The molecule has 0 fully saturated rings. The number of thiazole rings is 1. The number of aryl methyl sites for hydroxylation is 2. The van der Waals surface area contributed by atoms with Gasteiger partial charge in [0.05, 0.1) is 11.3 Å². The van der Waals surface area contributed by atoms with Crippen molar-refractivity contribution in [2.45, 2.75) is 13.8 Å². The van der Waals surface area contributed by atoms with E-state index in [-0.39, 0.29) is 20.1 Å². The van der Waals surface area contributed by atoms with Gasteiger partial charge >= 0.3 is 0 Å². The third-order valence-electron chi connectivity index (χ3n) is 3.84. The van der Waals surface area contributed by atoms with Gasteiger partial charge in [0, 0.05) is 43.7 Å². The van der Waals surface area contributed by atoms with Gasteiger partial charge in [-0.05, 0) is 29.7 Å². The van der Waals surface area contributed by atoms with E-state index in [0.717, 1.165) is 21.6 Å². The molecule has 0 unspecified atom stereocenters. The van der Waals surface area contributed by atoms with Gasteiger partial charge in [0.15, 0.2) is 0 Å². The van der Waals surface area contributed by atoms with E-state index >= 15 is 0 Å². The molecule has 5 heteroatoms. The van der Waals surface area contributed by atoms with Crippen LogP contribution in [-0.2, 0) is 20.1 Å². The van der Waals surface area contributed by atoms with E-state index in [1.807, 2.05) is 30.0 Å². The quantitative estimate of drug-likeness (QED) is 0.381. The normalized spacial score (nSPS) is 10.7. The molecule has 0 aliphatic heterocycles. The zero-order valence-electron chi connectivity index (χ0n) is 12.7. The minimum absolute atomic E-state index is 0. The van der Waals surface area contributed by atoms with Gasteiger partial charge < -0.3 is 4.57 Å². The SMILES string of the molecule is Cc1cccc(C)c1-n1ccnc1-c1[c-]ccc2scnc12.[Ir]. The molecule has 0 amide bonds. The second-order valence-electron chi connectivity index (χ2n) is 5.28. The Bertz CT molecular complexity index is 951. The van der Waals surface area contributed by atoms with Gasteiger partial charge in [-0.3, -0.25) is 9.97 Å². The van der Waals surface area contributed by atoms with Crippen molar-refractivity contribution in [3.8, 4) is 17.1 Å². The number of benzene rings is 2. The average Bonchev–Trinajstić information content (AvgIpc) is 3.15. The van der Waals surface area contributed by atoms with Crippen molar-refractivity contribution in [3.63, 3.8) is 0 Å². The topological polar surface area (TPSA) is 30.7 Å². The summed E-state index contributed by atoms with van der Waals surface area (Å²) in [5.74, 6) is 0.883. The molecule has 4 aromatic rings. The molecule has 0 aliphatic carbocycles. The molecule has 0 spiro atoms. The van der Waals surface area contributed by atoms with Gasteiger partial charge in [-0.2, -0.15) is 0 Å². The Kier molecular flexibility index (Phi) is 4.44.